The summed E-state index contributed by atoms with van der Waals surface area (Å²) in [4.78, 5) is 0. The van der Waals surface area contributed by atoms with E-state index in [-0.39, 0.29) is 5.82 Å². The maximum absolute atomic E-state index is 13.2. The third-order valence-electron chi connectivity index (χ3n) is 2.96. The maximum Gasteiger partial charge on any atom is 0.186 e. The zero-order valence-corrected chi connectivity index (χ0v) is 16.0. The fraction of sp³-hybridized carbons (Fsp3) is 0.176. The number of nitrogens with one attached hydrogen (secondary N) is 2. The van der Waals surface area contributed by atoms with Gasteiger partial charge < -0.3 is 10.1 Å². The largest absolute Gasteiger partial charge is 0.488 e. The number of ether oxygens (including phenoxy) is 1. The normalized spacial score (nSPS) is 10.6. The Morgan fingerprint density at radius 3 is 2.88 bits per heavy atom. The lowest BCUT2D eigenvalue weighted by Gasteiger charge is -2.09. The van der Waals surface area contributed by atoms with Crippen LogP contribution in [-0.2, 0) is 6.61 Å². The molecule has 0 radical (unpaired) electrons. The van der Waals surface area contributed by atoms with Crippen LogP contribution in [0.2, 0.25) is 0 Å². The Balaban J connectivity index is 1.94. The molecular weight excluding hydrogens is 440 g/mol. The Morgan fingerprint density at radius 2 is 2.17 bits per heavy atom. The molecule has 2 N–H and O–H groups in total. The highest BCUT2D eigenvalue weighted by Gasteiger charge is 2.03. The van der Waals surface area contributed by atoms with Gasteiger partial charge in [-0.1, -0.05) is 12.1 Å². The van der Waals surface area contributed by atoms with Crippen LogP contribution >= 0.6 is 34.8 Å². The summed E-state index contributed by atoms with van der Waals surface area (Å²) in [6.45, 7) is 3.03. The van der Waals surface area contributed by atoms with E-state index in [1.165, 1.54) is 12.1 Å². The van der Waals surface area contributed by atoms with E-state index in [0.717, 1.165) is 27.0 Å². The molecule has 0 aliphatic heterocycles. The molecule has 0 aliphatic rings. The molecule has 0 amide bonds. The van der Waals surface area contributed by atoms with Crippen LogP contribution in [0.5, 0.6) is 5.75 Å². The van der Waals surface area contributed by atoms with Gasteiger partial charge in [0.25, 0.3) is 0 Å². The average Bonchev–Trinajstić information content (AvgIpc) is 2.54. The Morgan fingerprint density at radius 1 is 1.33 bits per heavy atom. The van der Waals surface area contributed by atoms with Gasteiger partial charge in [-0.25, -0.2) is 4.39 Å². The summed E-state index contributed by atoms with van der Waals surface area (Å²) in [6.07, 6.45) is 1.68. The van der Waals surface area contributed by atoms with Gasteiger partial charge in [-0.05, 0) is 83.2 Å². The van der Waals surface area contributed by atoms with Gasteiger partial charge in [-0.3, -0.25) is 5.43 Å². The van der Waals surface area contributed by atoms with Crippen molar-refractivity contribution in [2.75, 3.05) is 6.54 Å². The van der Waals surface area contributed by atoms with E-state index < -0.39 is 0 Å². The molecule has 2 aromatic rings. The lowest BCUT2D eigenvalue weighted by molar-refractivity contribution is 0.303. The van der Waals surface area contributed by atoms with Crippen molar-refractivity contribution in [3.63, 3.8) is 0 Å². The Bertz CT molecular complexity index is 740. The Kier molecular flexibility index (Phi) is 7.38. The van der Waals surface area contributed by atoms with E-state index in [2.05, 4.69) is 38.4 Å². The minimum atomic E-state index is -0.264. The lowest BCUT2D eigenvalue weighted by Crippen LogP contribution is -2.31. The van der Waals surface area contributed by atoms with Crippen LogP contribution in [-0.4, -0.2) is 17.9 Å². The molecule has 4 nitrogen and oxygen atoms in total. The van der Waals surface area contributed by atoms with Gasteiger partial charge >= 0.3 is 0 Å². The number of hydrazone groups is 1. The van der Waals surface area contributed by atoms with Crippen LogP contribution in [0.15, 0.2) is 47.6 Å². The molecule has 2 rings (SSSR count). The predicted octanol–water partition coefficient (Wildman–Crippen LogP) is 3.83. The molecule has 24 heavy (non-hydrogen) atoms. The minimum absolute atomic E-state index is 0.264. The van der Waals surface area contributed by atoms with E-state index in [4.69, 9.17) is 17.0 Å². The van der Waals surface area contributed by atoms with E-state index in [1.54, 1.807) is 12.3 Å². The van der Waals surface area contributed by atoms with E-state index in [9.17, 15) is 4.39 Å². The van der Waals surface area contributed by atoms with Crippen molar-refractivity contribution in [3.05, 3.63) is 63.0 Å². The zero-order valence-electron chi connectivity index (χ0n) is 13.1. The molecule has 0 heterocycles. The number of thiocarbonyl (C=S) groups is 1. The number of halogens is 2. The van der Waals surface area contributed by atoms with Gasteiger partial charge in [0.15, 0.2) is 5.11 Å². The van der Waals surface area contributed by atoms with Gasteiger partial charge in [-0.2, -0.15) is 5.10 Å². The van der Waals surface area contributed by atoms with Gasteiger partial charge in [0.1, 0.15) is 18.2 Å². The third kappa shape index (κ3) is 6.04. The molecule has 0 atom stereocenters. The summed E-state index contributed by atoms with van der Waals surface area (Å²) in [7, 11) is 0. The smallest absolute Gasteiger partial charge is 0.186 e. The highest BCUT2D eigenvalue weighted by molar-refractivity contribution is 14.1. The van der Waals surface area contributed by atoms with Crippen LogP contribution < -0.4 is 15.5 Å². The molecule has 0 unspecified atom stereocenters. The summed E-state index contributed by atoms with van der Waals surface area (Å²) >= 11 is 7.22. The van der Waals surface area contributed by atoms with Crippen molar-refractivity contribution >= 4 is 46.1 Å². The summed E-state index contributed by atoms with van der Waals surface area (Å²) in [6, 6.07) is 12.1. The summed E-state index contributed by atoms with van der Waals surface area (Å²) in [5.41, 5.74) is 4.45. The van der Waals surface area contributed by atoms with Crippen molar-refractivity contribution in [2.45, 2.75) is 13.5 Å². The van der Waals surface area contributed by atoms with E-state index in [1.807, 2.05) is 31.2 Å². The first-order chi connectivity index (χ1) is 11.6. The van der Waals surface area contributed by atoms with Crippen molar-refractivity contribution in [2.24, 2.45) is 5.10 Å². The molecule has 0 aliphatic carbocycles. The quantitative estimate of drug-likeness (QED) is 0.300. The first-order valence-corrected chi connectivity index (χ1v) is 8.81. The van der Waals surface area contributed by atoms with Crippen molar-refractivity contribution in [3.8, 4) is 5.75 Å². The molecule has 7 heteroatoms. The van der Waals surface area contributed by atoms with Crippen molar-refractivity contribution < 1.29 is 9.13 Å². The van der Waals surface area contributed by atoms with Crippen LogP contribution in [0.4, 0.5) is 4.39 Å². The van der Waals surface area contributed by atoms with Gasteiger partial charge in [0.2, 0.25) is 0 Å². The van der Waals surface area contributed by atoms with Crippen molar-refractivity contribution in [1.82, 2.24) is 10.7 Å². The number of nitrogens with zero attached hydrogens (tertiary/aromatic N) is 1. The predicted molar refractivity (Wildman–Crippen MR) is 107 cm³/mol. The van der Waals surface area contributed by atoms with Gasteiger partial charge in [0.05, 0.1) is 9.78 Å². The second-order valence-electron chi connectivity index (χ2n) is 4.84. The first-order valence-electron chi connectivity index (χ1n) is 7.32. The van der Waals surface area contributed by atoms with E-state index >= 15 is 0 Å². The summed E-state index contributed by atoms with van der Waals surface area (Å²) < 4.78 is 19.8. The standard InChI is InChI=1S/C17H17FIN3OS/c1-2-20-17(24)22-21-10-12-6-7-16(15(19)9-12)23-11-13-4-3-5-14(18)8-13/h3-10H,2,11H2,1H3,(H2,20,22,24). The number of rotatable bonds is 6. The molecule has 0 bridgehead atoms. The summed E-state index contributed by atoms with van der Waals surface area (Å²) in [5, 5.41) is 7.50. The van der Waals surface area contributed by atoms with Crippen molar-refractivity contribution in [1.29, 1.82) is 0 Å². The topological polar surface area (TPSA) is 45.7 Å². The second-order valence-corrected chi connectivity index (χ2v) is 6.41. The molecule has 0 fully saturated rings. The number of hydrogen-bond acceptors (Lipinski definition) is 3. The van der Waals surface area contributed by atoms with Crippen LogP contribution in [0.1, 0.15) is 18.1 Å². The number of benzene rings is 2. The molecular formula is C17H17FIN3OS. The van der Waals surface area contributed by atoms with Gasteiger partial charge in [-0.15, -0.1) is 0 Å². The lowest BCUT2D eigenvalue weighted by atomic mass is 10.2. The SMILES string of the molecule is CCNC(=S)NN=Cc1ccc(OCc2cccc(F)c2)c(I)c1. The Hall–Kier alpha value is -1.74. The molecule has 0 saturated carbocycles. The highest BCUT2D eigenvalue weighted by atomic mass is 127. The fourth-order valence-electron chi connectivity index (χ4n) is 1.87. The highest BCUT2D eigenvalue weighted by Crippen LogP contribution is 2.22. The minimum Gasteiger partial charge on any atom is -0.488 e. The maximum atomic E-state index is 13.2. The van der Waals surface area contributed by atoms with Crippen LogP contribution in [0, 0.1) is 9.39 Å². The second kappa shape index (κ2) is 9.53. The average molecular weight is 457 g/mol. The zero-order chi connectivity index (χ0) is 17.4. The molecule has 0 spiro atoms. The van der Waals surface area contributed by atoms with E-state index in [0.29, 0.717) is 11.7 Å². The summed E-state index contributed by atoms with van der Waals surface area (Å²) in [5.74, 6) is 0.480. The Labute approximate surface area is 159 Å². The number of hydrogen-bond donors (Lipinski definition) is 2. The molecule has 2 aromatic carbocycles. The third-order valence-corrected chi connectivity index (χ3v) is 4.03. The first kappa shape index (κ1) is 18.6. The molecule has 0 aromatic heterocycles. The molecule has 0 saturated heterocycles. The monoisotopic (exact) mass is 457 g/mol. The van der Waals surface area contributed by atoms with Gasteiger partial charge in [0, 0.05) is 6.54 Å². The fourth-order valence-corrected chi connectivity index (χ4v) is 2.76. The van der Waals surface area contributed by atoms with Crippen LogP contribution in [0.25, 0.3) is 0 Å². The van der Waals surface area contributed by atoms with Crippen LogP contribution in [0.3, 0.4) is 0 Å². The molecule has 126 valence electrons.